The van der Waals surface area contributed by atoms with Crippen molar-refractivity contribution in [2.75, 3.05) is 0 Å². The first-order chi connectivity index (χ1) is 7.08. The van der Waals surface area contributed by atoms with Crippen LogP contribution >= 0.6 is 0 Å². The molecule has 1 aliphatic heterocycles. The molecule has 0 spiro atoms. The van der Waals surface area contributed by atoms with Crippen molar-refractivity contribution in [1.29, 1.82) is 0 Å². The van der Waals surface area contributed by atoms with Crippen molar-refractivity contribution in [3.05, 3.63) is 23.8 Å². The minimum Gasteiger partial charge on any atom is -0.442 e. The molecule has 0 radical (unpaired) electrons. The zero-order chi connectivity index (χ0) is 11.0. The predicted octanol–water partition coefficient (Wildman–Crippen LogP) is -0.748. The van der Waals surface area contributed by atoms with Gasteiger partial charge in [-0.3, -0.25) is 4.79 Å². The lowest BCUT2D eigenvalue weighted by Crippen LogP contribution is -2.35. The molecule has 0 aliphatic carbocycles. The highest BCUT2D eigenvalue weighted by Crippen LogP contribution is 2.36. The summed E-state index contributed by atoms with van der Waals surface area (Å²) in [6.45, 7) is 0. The Balaban J connectivity index is 2.27. The topological polar surface area (TPSA) is 102 Å². The molecule has 1 heterocycles. The molecule has 6 heteroatoms. The average molecular weight is 211 g/mol. The minimum atomic E-state index is -1.59. The molecule has 0 aromatic heterocycles. The average Bonchev–Trinajstić information content (AvgIpc) is 2.59. The van der Waals surface area contributed by atoms with Crippen molar-refractivity contribution < 1.29 is 24.5 Å². The molecule has 1 amide bonds. The highest BCUT2D eigenvalue weighted by atomic mass is 16.7. The van der Waals surface area contributed by atoms with Gasteiger partial charge in [0.15, 0.2) is 17.8 Å². The van der Waals surface area contributed by atoms with E-state index in [4.69, 9.17) is 25.4 Å². The molecule has 80 valence electrons. The number of aliphatic hydroxyl groups excluding tert-OH is 1. The van der Waals surface area contributed by atoms with Crippen LogP contribution in [0.2, 0.25) is 0 Å². The fourth-order valence-corrected chi connectivity index (χ4v) is 1.25. The van der Waals surface area contributed by atoms with Crippen LogP contribution in [0, 0.1) is 0 Å². The minimum absolute atomic E-state index is 0.252. The molecule has 0 saturated heterocycles. The van der Waals surface area contributed by atoms with Crippen molar-refractivity contribution in [2.24, 2.45) is 5.73 Å². The van der Waals surface area contributed by atoms with E-state index in [1.807, 2.05) is 0 Å². The maximum Gasteiger partial charge on any atom is 0.321 e. The Labute approximate surface area is 84.8 Å². The lowest BCUT2D eigenvalue weighted by atomic mass is 10.2. The van der Waals surface area contributed by atoms with Gasteiger partial charge in [-0.05, 0) is 12.1 Å². The van der Waals surface area contributed by atoms with Gasteiger partial charge in [-0.2, -0.15) is 0 Å². The lowest BCUT2D eigenvalue weighted by Gasteiger charge is -2.04. The van der Waals surface area contributed by atoms with Crippen LogP contribution in [0.3, 0.4) is 0 Å². The summed E-state index contributed by atoms with van der Waals surface area (Å²) < 4.78 is 10.1. The highest BCUT2D eigenvalue weighted by Gasteiger charge is 2.29. The summed E-state index contributed by atoms with van der Waals surface area (Å²) in [4.78, 5) is 10.8. The molecule has 0 bridgehead atoms. The molecule has 15 heavy (non-hydrogen) atoms. The van der Waals surface area contributed by atoms with E-state index in [0.717, 1.165) is 0 Å². The summed E-state index contributed by atoms with van der Waals surface area (Å²) >= 11 is 0. The Kier molecular flexibility index (Phi) is 2.22. The lowest BCUT2D eigenvalue weighted by molar-refractivity contribution is -0.133. The van der Waals surface area contributed by atoms with Crippen LogP contribution < -0.4 is 15.2 Å². The molecular formula is C9H9NO5. The monoisotopic (exact) mass is 211 g/mol. The maximum atomic E-state index is 10.8. The normalized spacial score (nSPS) is 18.2. The number of primary amides is 1. The number of aliphatic hydroxyl groups is 2. The van der Waals surface area contributed by atoms with Crippen LogP contribution in [0.25, 0.3) is 0 Å². The van der Waals surface area contributed by atoms with Gasteiger partial charge >= 0.3 is 6.29 Å². The number of hydrogen-bond acceptors (Lipinski definition) is 5. The van der Waals surface area contributed by atoms with Gasteiger partial charge in [0, 0.05) is 5.56 Å². The van der Waals surface area contributed by atoms with Gasteiger partial charge in [0.25, 0.3) is 5.91 Å². The van der Waals surface area contributed by atoms with Crippen LogP contribution in [0.4, 0.5) is 0 Å². The number of rotatable bonds is 2. The Morgan fingerprint density at radius 2 is 2.00 bits per heavy atom. The molecule has 0 fully saturated rings. The molecule has 1 unspecified atom stereocenters. The summed E-state index contributed by atoms with van der Waals surface area (Å²) in [6.07, 6.45) is -2.74. The number of carbonyl (C=O) groups is 1. The SMILES string of the molecule is NC(=O)C1Oc2ccc(C(O)O)cc2O1. The zero-order valence-electron chi connectivity index (χ0n) is 7.58. The molecule has 1 aromatic carbocycles. The second kappa shape index (κ2) is 3.41. The quantitative estimate of drug-likeness (QED) is 0.559. The van der Waals surface area contributed by atoms with Crippen molar-refractivity contribution >= 4 is 5.91 Å². The van der Waals surface area contributed by atoms with Gasteiger partial charge < -0.3 is 25.4 Å². The molecule has 4 N–H and O–H groups in total. The van der Waals surface area contributed by atoms with E-state index < -0.39 is 18.5 Å². The second-order valence-corrected chi connectivity index (χ2v) is 3.05. The fourth-order valence-electron chi connectivity index (χ4n) is 1.25. The van der Waals surface area contributed by atoms with E-state index in [-0.39, 0.29) is 11.3 Å². The van der Waals surface area contributed by atoms with Crippen LogP contribution in [-0.4, -0.2) is 22.4 Å². The first-order valence-corrected chi connectivity index (χ1v) is 4.20. The number of carbonyl (C=O) groups excluding carboxylic acids is 1. The second-order valence-electron chi connectivity index (χ2n) is 3.05. The smallest absolute Gasteiger partial charge is 0.321 e. The maximum absolute atomic E-state index is 10.8. The Hall–Kier alpha value is -1.79. The zero-order valence-corrected chi connectivity index (χ0v) is 7.58. The van der Waals surface area contributed by atoms with Crippen molar-refractivity contribution in [3.63, 3.8) is 0 Å². The number of nitrogens with two attached hydrogens (primary N) is 1. The molecule has 6 nitrogen and oxygen atoms in total. The number of ether oxygens (including phenoxy) is 2. The van der Waals surface area contributed by atoms with E-state index in [2.05, 4.69) is 0 Å². The summed E-state index contributed by atoms with van der Waals surface area (Å²) in [6, 6.07) is 4.31. The third-order valence-electron chi connectivity index (χ3n) is 1.97. The van der Waals surface area contributed by atoms with E-state index in [1.54, 1.807) is 0 Å². The number of amides is 1. The number of hydrogen-bond donors (Lipinski definition) is 3. The van der Waals surface area contributed by atoms with E-state index in [1.165, 1.54) is 18.2 Å². The van der Waals surface area contributed by atoms with E-state index in [0.29, 0.717) is 5.75 Å². The third kappa shape index (κ3) is 1.72. The third-order valence-corrected chi connectivity index (χ3v) is 1.97. The first kappa shape index (κ1) is 9.75. The van der Waals surface area contributed by atoms with Gasteiger partial charge in [0.2, 0.25) is 0 Å². The Morgan fingerprint density at radius 1 is 1.33 bits per heavy atom. The fraction of sp³-hybridized carbons (Fsp3) is 0.222. The van der Waals surface area contributed by atoms with Crippen LogP contribution in [0.5, 0.6) is 11.5 Å². The van der Waals surface area contributed by atoms with Crippen LogP contribution in [0.15, 0.2) is 18.2 Å². The van der Waals surface area contributed by atoms with E-state index >= 15 is 0 Å². The van der Waals surface area contributed by atoms with Gasteiger partial charge in [0.1, 0.15) is 0 Å². The summed E-state index contributed by atoms with van der Waals surface area (Å²) in [5.74, 6) is -0.120. The van der Waals surface area contributed by atoms with Crippen molar-refractivity contribution in [3.8, 4) is 11.5 Å². The van der Waals surface area contributed by atoms with Gasteiger partial charge in [0.05, 0.1) is 0 Å². The first-order valence-electron chi connectivity index (χ1n) is 4.20. The van der Waals surface area contributed by atoms with Gasteiger partial charge in [-0.15, -0.1) is 0 Å². The highest BCUT2D eigenvalue weighted by molar-refractivity contribution is 5.79. The van der Waals surface area contributed by atoms with Crippen LogP contribution in [0.1, 0.15) is 11.9 Å². The number of fused-ring (bicyclic) bond motifs is 1. The standard InChI is InChI=1S/C9H9NO5/c10-7(11)9-14-5-2-1-4(8(12)13)3-6(5)15-9/h1-3,8-9,12-13H,(H2,10,11). The summed E-state index contributed by atoms with van der Waals surface area (Å²) in [7, 11) is 0. The predicted molar refractivity (Wildman–Crippen MR) is 47.9 cm³/mol. The van der Waals surface area contributed by atoms with Gasteiger partial charge in [-0.1, -0.05) is 6.07 Å². The Morgan fingerprint density at radius 3 is 2.60 bits per heavy atom. The number of benzene rings is 1. The van der Waals surface area contributed by atoms with Crippen molar-refractivity contribution in [1.82, 2.24) is 0 Å². The molecule has 1 aromatic rings. The van der Waals surface area contributed by atoms with Crippen LogP contribution in [-0.2, 0) is 4.79 Å². The molecule has 1 aliphatic rings. The summed E-state index contributed by atoms with van der Waals surface area (Å²) in [5, 5.41) is 17.8. The Bertz CT molecular complexity index is 403. The molecule has 1 atom stereocenters. The van der Waals surface area contributed by atoms with E-state index in [9.17, 15) is 4.79 Å². The molecule has 2 rings (SSSR count). The molecule has 0 saturated carbocycles. The summed E-state index contributed by atoms with van der Waals surface area (Å²) in [5.41, 5.74) is 5.24. The largest absolute Gasteiger partial charge is 0.442 e. The van der Waals surface area contributed by atoms with Crippen molar-refractivity contribution in [2.45, 2.75) is 12.6 Å². The molecular weight excluding hydrogens is 202 g/mol. The van der Waals surface area contributed by atoms with Gasteiger partial charge in [-0.25, -0.2) is 0 Å².